The van der Waals surface area contributed by atoms with Crippen LogP contribution in [0.5, 0.6) is 0 Å². The zero-order valence-corrected chi connectivity index (χ0v) is 11.8. The molecular formula is C14H19ClN2O. The average molecular weight is 267 g/mol. The van der Waals surface area contributed by atoms with E-state index in [1.807, 2.05) is 25.1 Å². The van der Waals surface area contributed by atoms with Crippen molar-refractivity contribution in [2.45, 2.75) is 39.3 Å². The van der Waals surface area contributed by atoms with E-state index < -0.39 is 0 Å². The summed E-state index contributed by atoms with van der Waals surface area (Å²) in [7, 11) is 0. The average Bonchev–Trinajstić information content (AvgIpc) is 2.64. The maximum Gasteiger partial charge on any atom is 0.244 e. The Hall–Kier alpha value is -1.06. The lowest BCUT2D eigenvalue weighted by atomic mass is 10.2. The summed E-state index contributed by atoms with van der Waals surface area (Å²) in [6.45, 7) is 6.84. The molecule has 98 valence electrons. The van der Waals surface area contributed by atoms with E-state index in [-0.39, 0.29) is 11.9 Å². The monoisotopic (exact) mass is 266 g/mol. The van der Waals surface area contributed by atoms with Gasteiger partial charge in [0.15, 0.2) is 0 Å². The van der Waals surface area contributed by atoms with Gasteiger partial charge in [-0.1, -0.05) is 31.5 Å². The van der Waals surface area contributed by atoms with Gasteiger partial charge in [0.1, 0.15) is 0 Å². The molecule has 0 aliphatic carbocycles. The lowest BCUT2D eigenvalue weighted by Gasteiger charge is -2.20. The molecule has 1 heterocycles. The Morgan fingerprint density at radius 2 is 2.17 bits per heavy atom. The molecule has 1 aromatic carbocycles. The lowest BCUT2D eigenvalue weighted by molar-refractivity contribution is -0.118. The topological polar surface area (TPSA) is 32.3 Å². The summed E-state index contributed by atoms with van der Waals surface area (Å²) in [6, 6.07) is 6.00. The van der Waals surface area contributed by atoms with Crippen molar-refractivity contribution in [1.82, 2.24) is 5.32 Å². The molecule has 1 amide bonds. The Labute approximate surface area is 113 Å². The van der Waals surface area contributed by atoms with Crippen LogP contribution in [0.3, 0.4) is 0 Å². The predicted octanol–water partition coefficient (Wildman–Crippen LogP) is 2.75. The fourth-order valence-corrected chi connectivity index (χ4v) is 2.53. The van der Waals surface area contributed by atoms with Crippen molar-refractivity contribution < 1.29 is 4.79 Å². The molecule has 2 rings (SSSR count). The summed E-state index contributed by atoms with van der Waals surface area (Å²) in [4.78, 5) is 14.1. The van der Waals surface area contributed by atoms with Crippen LogP contribution in [0, 0.1) is 6.92 Å². The highest BCUT2D eigenvalue weighted by Gasteiger charge is 2.33. The zero-order valence-electron chi connectivity index (χ0n) is 11.0. The molecule has 18 heavy (non-hydrogen) atoms. The number of carbonyl (C=O) groups excluding carboxylic acids is 1. The van der Waals surface area contributed by atoms with Crippen LogP contribution < -0.4 is 10.2 Å². The summed E-state index contributed by atoms with van der Waals surface area (Å²) >= 11 is 6.18. The third kappa shape index (κ3) is 2.68. The number of hydrogen-bond acceptors (Lipinski definition) is 2. The number of nitrogens with one attached hydrogen (secondary N) is 1. The molecule has 1 saturated heterocycles. The second kappa shape index (κ2) is 5.29. The molecule has 4 heteroatoms. The highest BCUT2D eigenvalue weighted by atomic mass is 35.5. The van der Waals surface area contributed by atoms with Crippen molar-refractivity contribution >= 4 is 23.2 Å². The predicted molar refractivity (Wildman–Crippen MR) is 75.2 cm³/mol. The molecule has 1 fully saturated rings. The second-order valence-electron chi connectivity index (χ2n) is 5.11. The van der Waals surface area contributed by atoms with Crippen LogP contribution in [0.15, 0.2) is 18.2 Å². The fraction of sp³-hybridized carbons (Fsp3) is 0.500. The van der Waals surface area contributed by atoms with Crippen LogP contribution in [0.25, 0.3) is 0 Å². The Bertz CT molecular complexity index is 459. The van der Waals surface area contributed by atoms with Crippen molar-refractivity contribution in [2.24, 2.45) is 0 Å². The minimum absolute atomic E-state index is 0.0819. The normalized spacial score (nSPS) is 19.9. The molecule has 0 bridgehead atoms. The van der Waals surface area contributed by atoms with Crippen molar-refractivity contribution in [2.75, 3.05) is 11.4 Å². The van der Waals surface area contributed by atoms with Gasteiger partial charge in [-0.15, -0.1) is 0 Å². The van der Waals surface area contributed by atoms with Crippen LogP contribution in [0.4, 0.5) is 5.69 Å². The minimum Gasteiger partial charge on any atom is -0.309 e. The number of aryl methyl sites for hydroxylation is 1. The van der Waals surface area contributed by atoms with E-state index in [0.717, 1.165) is 24.2 Å². The number of benzene rings is 1. The molecule has 1 atom stereocenters. The van der Waals surface area contributed by atoms with Crippen molar-refractivity contribution in [3.63, 3.8) is 0 Å². The first-order valence-corrected chi connectivity index (χ1v) is 6.70. The number of nitrogens with zero attached hydrogens (tertiary/aromatic N) is 1. The molecular weight excluding hydrogens is 248 g/mol. The summed E-state index contributed by atoms with van der Waals surface area (Å²) in [5, 5.41) is 3.93. The minimum atomic E-state index is -0.0819. The molecule has 0 spiro atoms. The number of hydrogen-bond donors (Lipinski definition) is 1. The molecule has 1 aromatic rings. The van der Waals surface area contributed by atoms with Crippen molar-refractivity contribution in [1.29, 1.82) is 0 Å². The Morgan fingerprint density at radius 3 is 2.83 bits per heavy atom. The first-order valence-electron chi connectivity index (χ1n) is 6.32. The Kier molecular flexibility index (Phi) is 3.93. The van der Waals surface area contributed by atoms with Crippen molar-refractivity contribution in [3.05, 3.63) is 28.8 Å². The smallest absolute Gasteiger partial charge is 0.244 e. The molecule has 0 aromatic heterocycles. The third-order valence-corrected chi connectivity index (χ3v) is 3.45. The molecule has 1 aliphatic rings. The largest absolute Gasteiger partial charge is 0.309 e. The number of rotatable bonds is 3. The second-order valence-corrected chi connectivity index (χ2v) is 5.51. The van der Waals surface area contributed by atoms with Gasteiger partial charge in [-0.3, -0.25) is 4.79 Å². The molecule has 0 radical (unpaired) electrons. The first-order chi connectivity index (χ1) is 8.49. The van der Waals surface area contributed by atoms with E-state index >= 15 is 0 Å². The molecule has 0 saturated carbocycles. The number of halogens is 1. The molecule has 1 unspecified atom stereocenters. The third-order valence-electron chi connectivity index (χ3n) is 3.13. The van der Waals surface area contributed by atoms with Crippen LogP contribution in [-0.2, 0) is 4.79 Å². The van der Waals surface area contributed by atoms with Gasteiger partial charge in [0, 0.05) is 12.6 Å². The highest BCUT2D eigenvalue weighted by molar-refractivity contribution is 6.34. The zero-order chi connectivity index (χ0) is 13.3. The van der Waals surface area contributed by atoms with Crippen LogP contribution in [0.1, 0.15) is 25.8 Å². The highest BCUT2D eigenvalue weighted by Crippen LogP contribution is 2.30. The van der Waals surface area contributed by atoms with Gasteiger partial charge in [-0.25, -0.2) is 0 Å². The van der Waals surface area contributed by atoms with E-state index in [4.69, 9.17) is 11.6 Å². The summed E-state index contributed by atoms with van der Waals surface area (Å²) < 4.78 is 0. The van der Waals surface area contributed by atoms with Gasteiger partial charge in [-0.05, 0) is 31.0 Å². The van der Waals surface area contributed by atoms with Gasteiger partial charge < -0.3 is 10.2 Å². The lowest BCUT2D eigenvalue weighted by Crippen LogP contribution is -2.41. The quantitative estimate of drug-likeness (QED) is 0.912. The Balaban J connectivity index is 2.20. The van der Waals surface area contributed by atoms with E-state index in [2.05, 4.69) is 19.2 Å². The molecule has 1 N–H and O–H groups in total. The van der Waals surface area contributed by atoms with E-state index in [9.17, 15) is 4.79 Å². The Morgan fingerprint density at radius 1 is 1.44 bits per heavy atom. The number of amides is 1. The summed E-state index contributed by atoms with van der Waals surface area (Å²) in [5.41, 5.74) is 1.94. The number of carbonyl (C=O) groups is 1. The van der Waals surface area contributed by atoms with Crippen LogP contribution in [0.2, 0.25) is 5.02 Å². The molecule has 1 aliphatic heterocycles. The maximum absolute atomic E-state index is 12.3. The van der Waals surface area contributed by atoms with Crippen LogP contribution in [-0.4, -0.2) is 24.5 Å². The van der Waals surface area contributed by atoms with Gasteiger partial charge in [-0.2, -0.15) is 0 Å². The van der Waals surface area contributed by atoms with Gasteiger partial charge >= 0.3 is 0 Å². The first kappa shape index (κ1) is 13.4. The van der Waals surface area contributed by atoms with E-state index in [1.54, 1.807) is 4.90 Å². The maximum atomic E-state index is 12.3. The van der Waals surface area contributed by atoms with Crippen molar-refractivity contribution in [3.8, 4) is 0 Å². The fourth-order valence-electron chi connectivity index (χ4n) is 2.31. The van der Waals surface area contributed by atoms with Gasteiger partial charge in [0.25, 0.3) is 0 Å². The standard InChI is InChI=1S/C14H19ClN2O/c1-9(2)16-12-6-7-17(14(12)18)13-8-10(3)4-5-11(13)15/h4-5,8-9,12,16H,6-7H2,1-3H3. The molecule has 3 nitrogen and oxygen atoms in total. The number of anilines is 1. The van der Waals surface area contributed by atoms with Gasteiger partial charge in [0.05, 0.1) is 16.8 Å². The summed E-state index contributed by atoms with van der Waals surface area (Å²) in [6.07, 6.45) is 0.835. The van der Waals surface area contributed by atoms with Crippen LogP contribution >= 0.6 is 11.6 Å². The van der Waals surface area contributed by atoms with E-state index in [0.29, 0.717) is 11.1 Å². The van der Waals surface area contributed by atoms with Gasteiger partial charge in [0.2, 0.25) is 5.91 Å². The SMILES string of the molecule is Cc1ccc(Cl)c(N2CCC(NC(C)C)C2=O)c1. The summed E-state index contributed by atoms with van der Waals surface area (Å²) in [5.74, 6) is 0.121. The van der Waals surface area contributed by atoms with E-state index in [1.165, 1.54) is 0 Å².